The van der Waals surface area contributed by atoms with E-state index in [9.17, 15) is 0 Å². The fraction of sp³-hybridized carbons (Fsp3) is 0.533. The smallest absolute Gasteiger partial charge is 0.195 e. The van der Waals surface area contributed by atoms with Crippen LogP contribution in [-0.2, 0) is 0 Å². The molecule has 0 amide bonds. The number of hydrogen-bond acceptors (Lipinski definition) is 2. The molecule has 0 aliphatic carbocycles. The molecule has 0 aromatic heterocycles. The van der Waals surface area contributed by atoms with E-state index in [0.29, 0.717) is 5.92 Å². The lowest BCUT2D eigenvalue weighted by Crippen LogP contribution is -2.36. The zero-order valence-electron chi connectivity index (χ0n) is 12.7. The Bertz CT molecular complexity index is 450. The van der Waals surface area contributed by atoms with Crippen LogP contribution in [0.5, 0.6) is 5.75 Å². The second-order valence-corrected chi connectivity index (χ2v) is 5.30. The molecule has 1 aliphatic heterocycles. The van der Waals surface area contributed by atoms with Gasteiger partial charge in [-0.15, -0.1) is 24.0 Å². The maximum Gasteiger partial charge on any atom is 0.195 e. The van der Waals surface area contributed by atoms with Crippen molar-refractivity contribution in [2.45, 2.75) is 12.3 Å². The van der Waals surface area contributed by atoms with E-state index in [4.69, 9.17) is 9.73 Å². The summed E-state index contributed by atoms with van der Waals surface area (Å²) in [5.74, 6) is 2.48. The molecule has 1 atom stereocenters. The second-order valence-electron chi connectivity index (χ2n) is 5.30. The van der Waals surface area contributed by atoms with E-state index in [-0.39, 0.29) is 24.0 Å². The third-order valence-electron chi connectivity index (χ3n) is 3.34. The Balaban J connectivity index is 0.00000200. The van der Waals surface area contributed by atoms with E-state index in [1.165, 1.54) is 5.56 Å². The molecule has 0 bridgehead atoms. The van der Waals surface area contributed by atoms with Crippen molar-refractivity contribution >= 4 is 29.9 Å². The number of guanidine groups is 1. The number of nitrogens with zero attached hydrogens (tertiary/aromatic N) is 3. The van der Waals surface area contributed by atoms with Crippen molar-refractivity contribution in [3.63, 3.8) is 0 Å². The van der Waals surface area contributed by atoms with E-state index in [2.05, 4.69) is 12.1 Å². The van der Waals surface area contributed by atoms with Gasteiger partial charge in [-0.3, -0.25) is 4.99 Å². The molecule has 1 aliphatic rings. The first-order valence-electron chi connectivity index (χ1n) is 6.70. The predicted octanol–water partition coefficient (Wildman–Crippen LogP) is 2.65. The summed E-state index contributed by atoms with van der Waals surface area (Å²) in [6, 6.07) is 8.29. The van der Waals surface area contributed by atoms with Gasteiger partial charge in [-0.05, 0) is 18.1 Å². The van der Waals surface area contributed by atoms with Crippen molar-refractivity contribution in [1.82, 2.24) is 9.80 Å². The summed E-state index contributed by atoms with van der Waals surface area (Å²) in [6.07, 6.45) is 1.04. The summed E-state index contributed by atoms with van der Waals surface area (Å²) < 4.78 is 5.69. The van der Waals surface area contributed by atoms with Gasteiger partial charge in [-0.1, -0.05) is 18.2 Å². The van der Waals surface area contributed by atoms with Gasteiger partial charge in [-0.2, -0.15) is 0 Å². The van der Waals surface area contributed by atoms with E-state index < -0.39 is 0 Å². The highest BCUT2D eigenvalue weighted by molar-refractivity contribution is 14.0. The minimum atomic E-state index is 0. The van der Waals surface area contributed by atoms with Gasteiger partial charge in [0, 0.05) is 40.7 Å². The van der Waals surface area contributed by atoms with Crippen LogP contribution in [0.3, 0.4) is 0 Å². The lowest BCUT2D eigenvalue weighted by Gasteiger charge is -2.27. The Morgan fingerprint density at radius 2 is 1.85 bits per heavy atom. The van der Waals surface area contributed by atoms with Crippen LogP contribution in [0.4, 0.5) is 0 Å². The van der Waals surface area contributed by atoms with Crippen molar-refractivity contribution < 1.29 is 4.74 Å². The molecule has 112 valence electrons. The topological polar surface area (TPSA) is 28.1 Å². The number of ether oxygens (including phenoxy) is 1. The minimum Gasteiger partial charge on any atom is -0.493 e. The molecule has 0 saturated carbocycles. The Morgan fingerprint density at radius 1 is 1.20 bits per heavy atom. The predicted molar refractivity (Wildman–Crippen MR) is 94.4 cm³/mol. The van der Waals surface area contributed by atoms with Gasteiger partial charge in [0.2, 0.25) is 0 Å². The van der Waals surface area contributed by atoms with Crippen LogP contribution in [0, 0.1) is 0 Å². The van der Waals surface area contributed by atoms with Gasteiger partial charge < -0.3 is 14.5 Å². The average Bonchev–Trinajstić information content (AvgIpc) is 2.38. The van der Waals surface area contributed by atoms with Gasteiger partial charge in [0.25, 0.3) is 0 Å². The van der Waals surface area contributed by atoms with E-state index in [0.717, 1.165) is 31.3 Å². The van der Waals surface area contributed by atoms with Crippen LogP contribution < -0.4 is 4.74 Å². The maximum absolute atomic E-state index is 5.69. The standard InChI is InChI=1S/C15H23N3O.HI/c1-17(2)15(18(3)4)16-11-12-9-10-19-14-8-6-5-7-13(12)14;/h5-8,12H,9-11H2,1-4H3;1H. The fourth-order valence-electron chi connectivity index (χ4n) is 2.48. The van der Waals surface area contributed by atoms with Gasteiger partial charge >= 0.3 is 0 Å². The van der Waals surface area contributed by atoms with Crippen LogP contribution in [0.2, 0.25) is 0 Å². The Morgan fingerprint density at radius 3 is 2.50 bits per heavy atom. The summed E-state index contributed by atoms with van der Waals surface area (Å²) in [5.41, 5.74) is 1.29. The largest absolute Gasteiger partial charge is 0.493 e. The van der Waals surface area contributed by atoms with Gasteiger partial charge in [-0.25, -0.2) is 0 Å². The summed E-state index contributed by atoms with van der Waals surface area (Å²) >= 11 is 0. The molecule has 1 aromatic rings. The van der Waals surface area contributed by atoms with Crippen molar-refractivity contribution in [2.75, 3.05) is 41.3 Å². The van der Waals surface area contributed by atoms with Crippen LogP contribution >= 0.6 is 24.0 Å². The quantitative estimate of drug-likeness (QED) is 0.442. The van der Waals surface area contributed by atoms with E-state index in [1.807, 2.05) is 50.1 Å². The molecule has 1 aromatic carbocycles. The maximum atomic E-state index is 5.69. The molecule has 1 heterocycles. The zero-order valence-corrected chi connectivity index (χ0v) is 15.0. The molecule has 0 radical (unpaired) electrons. The summed E-state index contributed by atoms with van der Waals surface area (Å²) in [4.78, 5) is 8.85. The second kappa shape index (κ2) is 7.71. The van der Waals surface area contributed by atoms with Crippen LogP contribution in [0.15, 0.2) is 29.3 Å². The molecule has 0 N–H and O–H groups in total. The molecule has 2 rings (SSSR count). The molecule has 20 heavy (non-hydrogen) atoms. The molecular weight excluding hydrogens is 365 g/mol. The molecule has 0 saturated heterocycles. The molecule has 4 nitrogen and oxygen atoms in total. The fourth-order valence-corrected chi connectivity index (χ4v) is 2.48. The minimum absolute atomic E-state index is 0. The first kappa shape index (κ1) is 17.1. The molecule has 0 fully saturated rings. The third-order valence-corrected chi connectivity index (χ3v) is 3.34. The molecule has 5 heteroatoms. The van der Waals surface area contributed by atoms with Gasteiger partial charge in [0.15, 0.2) is 5.96 Å². The number of fused-ring (bicyclic) bond motifs is 1. The van der Waals surface area contributed by atoms with Gasteiger partial charge in [0.05, 0.1) is 6.61 Å². The van der Waals surface area contributed by atoms with E-state index >= 15 is 0 Å². The highest BCUT2D eigenvalue weighted by Gasteiger charge is 2.21. The van der Waals surface area contributed by atoms with Crippen molar-refractivity contribution in [3.05, 3.63) is 29.8 Å². The zero-order chi connectivity index (χ0) is 13.8. The lowest BCUT2D eigenvalue weighted by molar-refractivity contribution is 0.268. The van der Waals surface area contributed by atoms with Crippen molar-refractivity contribution in [3.8, 4) is 5.75 Å². The number of hydrogen-bond donors (Lipinski definition) is 0. The molecule has 1 unspecified atom stereocenters. The highest BCUT2D eigenvalue weighted by atomic mass is 127. The SMILES string of the molecule is CN(C)C(=NCC1CCOc2ccccc21)N(C)C.I. The van der Waals surface area contributed by atoms with Gasteiger partial charge in [0.1, 0.15) is 5.75 Å². The molecule has 0 spiro atoms. The Hall–Kier alpha value is -0.980. The molecular formula is C15H24IN3O. The average molecular weight is 389 g/mol. The van der Waals surface area contributed by atoms with Crippen molar-refractivity contribution in [1.29, 1.82) is 0 Å². The first-order valence-corrected chi connectivity index (χ1v) is 6.70. The van der Waals surface area contributed by atoms with Crippen LogP contribution in [0.1, 0.15) is 17.9 Å². The third kappa shape index (κ3) is 4.01. The number of halogens is 1. The van der Waals surface area contributed by atoms with Crippen molar-refractivity contribution in [2.24, 2.45) is 4.99 Å². The Kier molecular flexibility index (Phi) is 6.58. The number of aliphatic imine (C=N–C) groups is 1. The highest BCUT2D eigenvalue weighted by Crippen LogP contribution is 2.33. The summed E-state index contributed by atoms with van der Waals surface area (Å²) in [7, 11) is 8.10. The van der Waals surface area contributed by atoms with E-state index in [1.54, 1.807) is 0 Å². The Labute approximate surface area is 138 Å². The van der Waals surface area contributed by atoms with Crippen LogP contribution in [0.25, 0.3) is 0 Å². The summed E-state index contributed by atoms with van der Waals surface area (Å²) in [6.45, 7) is 1.60. The normalized spacial score (nSPS) is 16.3. The number of benzene rings is 1. The van der Waals surface area contributed by atoms with Crippen LogP contribution in [-0.4, -0.2) is 57.1 Å². The lowest BCUT2D eigenvalue weighted by atomic mass is 9.93. The number of rotatable bonds is 2. The monoisotopic (exact) mass is 389 g/mol. The first-order chi connectivity index (χ1) is 9.09. The number of para-hydroxylation sites is 1. The summed E-state index contributed by atoms with van der Waals surface area (Å²) in [5, 5.41) is 0.